The Hall–Kier alpha value is -4.37. The van der Waals surface area contributed by atoms with Crippen LogP contribution in [0.3, 0.4) is 0 Å². The summed E-state index contributed by atoms with van der Waals surface area (Å²) in [6.45, 7) is 0.475. The third-order valence-electron chi connectivity index (χ3n) is 8.78. The van der Waals surface area contributed by atoms with Crippen LogP contribution in [0, 0.1) is 11.3 Å². The lowest BCUT2D eigenvalue weighted by molar-refractivity contribution is -0.148. The number of carboxylic acid groups (broad SMARTS) is 1. The predicted molar refractivity (Wildman–Crippen MR) is 159 cm³/mol. The predicted octanol–water partition coefficient (Wildman–Crippen LogP) is 4.61. The second-order valence-corrected chi connectivity index (χ2v) is 11.5. The molecule has 2 aliphatic rings. The van der Waals surface area contributed by atoms with E-state index >= 15 is 0 Å². The molecule has 3 aromatic rings. The second-order valence-electron chi connectivity index (χ2n) is 11.5. The monoisotopic (exact) mass is 586 g/mol. The van der Waals surface area contributed by atoms with E-state index < -0.39 is 47.5 Å². The highest BCUT2D eigenvalue weighted by atomic mass is 16.5. The molecule has 1 spiro atoms. The molecule has 0 saturated heterocycles. The fourth-order valence-electron chi connectivity index (χ4n) is 6.50. The fraction of sp³-hybridized carbons (Fsp3) is 0.382. The van der Waals surface area contributed by atoms with Crippen molar-refractivity contribution in [2.24, 2.45) is 11.3 Å². The third-order valence-corrected chi connectivity index (χ3v) is 8.78. The summed E-state index contributed by atoms with van der Waals surface area (Å²) in [5.74, 6) is -1.32. The lowest BCUT2D eigenvalue weighted by Gasteiger charge is -2.34. The van der Waals surface area contributed by atoms with Crippen molar-refractivity contribution in [2.45, 2.75) is 69.9 Å². The number of ether oxygens (including phenoxy) is 2. The van der Waals surface area contributed by atoms with Crippen molar-refractivity contribution < 1.29 is 34.1 Å². The van der Waals surface area contributed by atoms with E-state index in [9.17, 15) is 24.6 Å². The van der Waals surface area contributed by atoms with Gasteiger partial charge in [-0.2, -0.15) is 0 Å². The number of hydrogen-bond acceptors (Lipinski definition) is 6. The molecule has 226 valence electrons. The number of alkyl carbamates (subject to hydrolysis) is 1. The normalized spacial score (nSPS) is 23.4. The van der Waals surface area contributed by atoms with E-state index in [0.717, 1.165) is 23.1 Å². The van der Waals surface area contributed by atoms with Crippen molar-refractivity contribution in [2.75, 3.05) is 0 Å². The number of benzene rings is 3. The molecule has 0 bridgehead atoms. The molecule has 2 saturated carbocycles. The van der Waals surface area contributed by atoms with Gasteiger partial charge in [0, 0.05) is 11.8 Å². The first-order valence-corrected chi connectivity index (χ1v) is 14.8. The number of nitrogens with one attached hydrogen (secondary N) is 2. The van der Waals surface area contributed by atoms with Gasteiger partial charge in [-0.25, -0.2) is 4.79 Å². The zero-order valence-electron chi connectivity index (χ0n) is 24.0. The molecule has 4 N–H and O–H groups in total. The molecule has 2 amide bonds. The van der Waals surface area contributed by atoms with Gasteiger partial charge in [-0.3, -0.25) is 9.59 Å². The van der Waals surface area contributed by atoms with Gasteiger partial charge < -0.3 is 30.3 Å². The average Bonchev–Trinajstić information content (AvgIpc) is 3.60. The van der Waals surface area contributed by atoms with Crippen LogP contribution < -0.4 is 15.4 Å². The van der Waals surface area contributed by atoms with E-state index in [1.165, 1.54) is 0 Å². The van der Waals surface area contributed by atoms with Crippen LogP contribution in [-0.2, 0) is 34.0 Å². The molecule has 43 heavy (non-hydrogen) atoms. The SMILES string of the molecule is O=C(N[C@H](Cc1ccc(OCc2ccccc2)cc1)C(=O)N[C@H]1CC[C@@]2(CCCC2C(=O)O)[C@H]1O)OCc1ccccc1. The van der Waals surface area contributed by atoms with Gasteiger partial charge in [0.1, 0.15) is 25.0 Å². The van der Waals surface area contributed by atoms with Crippen LogP contribution in [0.2, 0.25) is 0 Å². The Balaban J connectivity index is 1.24. The van der Waals surface area contributed by atoms with Gasteiger partial charge in [0.05, 0.1) is 18.1 Å². The number of aliphatic carboxylic acids is 1. The van der Waals surface area contributed by atoms with Gasteiger partial charge in [-0.1, -0.05) is 79.2 Å². The number of rotatable bonds is 11. The summed E-state index contributed by atoms with van der Waals surface area (Å²) >= 11 is 0. The number of aliphatic hydroxyl groups excluding tert-OH is 1. The van der Waals surface area contributed by atoms with Gasteiger partial charge in [-0.15, -0.1) is 0 Å². The molecule has 9 nitrogen and oxygen atoms in total. The minimum Gasteiger partial charge on any atom is -0.489 e. The summed E-state index contributed by atoms with van der Waals surface area (Å²) in [5, 5.41) is 26.6. The Morgan fingerprint density at radius 2 is 1.49 bits per heavy atom. The topological polar surface area (TPSA) is 134 Å². The Bertz CT molecular complexity index is 1380. The summed E-state index contributed by atoms with van der Waals surface area (Å²) in [6, 6.07) is 24.8. The summed E-state index contributed by atoms with van der Waals surface area (Å²) < 4.78 is 11.3. The second kappa shape index (κ2) is 13.7. The smallest absolute Gasteiger partial charge is 0.408 e. The van der Waals surface area contributed by atoms with E-state index in [1.54, 1.807) is 0 Å². The van der Waals surface area contributed by atoms with E-state index in [0.29, 0.717) is 38.0 Å². The Labute approximate surface area is 251 Å². The molecular formula is C34H38N2O7. The number of amides is 2. The molecule has 2 fully saturated rings. The zero-order valence-corrected chi connectivity index (χ0v) is 24.0. The number of hydrogen-bond donors (Lipinski definition) is 4. The van der Waals surface area contributed by atoms with E-state index in [1.807, 2.05) is 84.9 Å². The zero-order chi connectivity index (χ0) is 30.2. The molecule has 0 heterocycles. The minimum atomic E-state index is -0.984. The molecule has 3 aromatic carbocycles. The largest absolute Gasteiger partial charge is 0.489 e. The van der Waals surface area contributed by atoms with Crippen molar-refractivity contribution in [1.82, 2.24) is 10.6 Å². The van der Waals surface area contributed by atoms with Crippen molar-refractivity contribution in [3.63, 3.8) is 0 Å². The Kier molecular flexibility index (Phi) is 9.61. The average molecular weight is 587 g/mol. The van der Waals surface area contributed by atoms with Crippen molar-refractivity contribution >= 4 is 18.0 Å². The Morgan fingerprint density at radius 3 is 2.14 bits per heavy atom. The van der Waals surface area contributed by atoms with Crippen molar-refractivity contribution in [3.05, 3.63) is 102 Å². The van der Waals surface area contributed by atoms with Crippen molar-refractivity contribution in [1.29, 1.82) is 0 Å². The number of aliphatic hydroxyl groups is 1. The summed E-state index contributed by atoms with van der Waals surface area (Å²) in [5.41, 5.74) is 1.91. The first-order valence-electron chi connectivity index (χ1n) is 14.8. The number of carbonyl (C=O) groups is 3. The highest BCUT2D eigenvalue weighted by molar-refractivity contribution is 5.86. The lowest BCUT2D eigenvalue weighted by atomic mass is 9.74. The minimum absolute atomic E-state index is 0.0505. The van der Waals surface area contributed by atoms with E-state index in [2.05, 4.69) is 10.6 Å². The van der Waals surface area contributed by atoms with Gasteiger partial charge in [0.25, 0.3) is 0 Å². The molecule has 5 rings (SSSR count). The quantitative estimate of drug-likeness (QED) is 0.258. The van der Waals surface area contributed by atoms with Crippen LogP contribution in [0.15, 0.2) is 84.9 Å². The fourth-order valence-corrected chi connectivity index (χ4v) is 6.50. The van der Waals surface area contributed by atoms with Crippen LogP contribution in [0.25, 0.3) is 0 Å². The summed E-state index contributed by atoms with van der Waals surface area (Å²) in [4.78, 5) is 38.2. The Morgan fingerprint density at radius 1 is 0.837 bits per heavy atom. The van der Waals surface area contributed by atoms with Crippen LogP contribution in [0.5, 0.6) is 5.75 Å². The molecule has 0 aliphatic heterocycles. The lowest BCUT2D eigenvalue weighted by Crippen LogP contribution is -2.54. The maximum atomic E-state index is 13.6. The van der Waals surface area contributed by atoms with Gasteiger partial charge in [0.2, 0.25) is 5.91 Å². The van der Waals surface area contributed by atoms with E-state index in [4.69, 9.17) is 9.47 Å². The molecule has 0 radical (unpaired) electrons. The van der Waals surface area contributed by atoms with Crippen LogP contribution in [0.4, 0.5) is 4.79 Å². The standard InChI is InChI=1S/C34H38N2O7/c37-30-28(17-19-34(30)18-7-12-27(34)32(39)40)35-31(38)29(36-33(41)43-22-25-10-5-2-6-11-25)20-23-13-15-26(16-14-23)42-21-24-8-3-1-4-9-24/h1-6,8-11,13-16,27-30,37H,7,12,17-22H2,(H,35,38)(H,36,41)(H,39,40)/t27?,28-,29+,30-,34+/m0/s1. The van der Waals surface area contributed by atoms with Gasteiger partial charge >= 0.3 is 12.1 Å². The molecule has 5 atom stereocenters. The first-order chi connectivity index (χ1) is 20.8. The maximum Gasteiger partial charge on any atom is 0.408 e. The molecule has 0 aromatic heterocycles. The third kappa shape index (κ3) is 7.35. The van der Waals surface area contributed by atoms with Crippen molar-refractivity contribution in [3.8, 4) is 5.75 Å². The van der Waals surface area contributed by atoms with Gasteiger partial charge in [-0.05, 0) is 54.5 Å². The first kappa shape index (κ1) is 30.1. The van der Waals surface area contributed by atoms with E-state index in [-0.39, 0.29) is 13.0 Å². The number of carbonyl (C=O) groups excluding carboxylic acids is 2. The maximum absolute atomic E-state index is 13.6. The van der Waals surface area contributed by atoms with Crippen LogP contribution in [-0.4, -0.2) is 46.4 Å². The highest BCUT2D eigenvalue weighted by Crippen LogP contribution is 2.54. The molecular weight excluding hydrogens is 548 g/mol. The van der Waals surface area contributed by atoms with Crippen LogP contribution in [0.1, 0.15) is 48.8 Å². The highest BCUT2D eigenvalue weighted by Gasteiger charge is 2.57. The molecule has 9 heteroatoms. The van der Waals surface area contributed by atoms with Gasteiger partial charge in [0.15, 0.2) is 0 Å². The molecule has 1 unspecified atom stereocenters. The van der Waals surface area contributed by atoms with Crippen LogP contribution >= 0.6 is 0 Å². The number of carboxylic acids is 1. The summed E-state index contributed by atoms with van der Waals surface area (Å²) in [6.07, 6.45) is 1.32. The molecule has 2 aliphatic carbocycles. The summed E-state index contributed by atoms with van der Waals surface area (Å²) in [7, 11) is 0.